The van der Waals surface area contributed by atoms with Crippen LogP contribution >= 0.6 is 11.8 Å². The predicted octanol–water partition coefficient (Wildman–Crippen LogP) is 3.75. The lowest BCUT2D eigenvalue weighted by Gasteiger charge is -2.01. The van der Waals surface area contributed by atoms with Gasteiger partial charge in [-0.3, -0.25) is 0 Å². The fourth-order valence-electron chi connectivity index (χ4n) is 2.08. The minimum Gasteiger partial charge on any atom is -0.312 e. The van der Waals surface area contributed by atoms with Crippen molar-refractivity contribution < 1.29 is 9.63 Å². The van der Waals surface area contributed by atoms with Gasteiger partial charge in [-0.1, -0.05) is 47.6 Å². The predicted molar refractivity (Wildman–Crippen MR) is 85.3 cm³/mol. The minimum absolute atomic E-state index is 0.414. The molecule has 0 N–H and O–H groups in total. The van der Waals surface area contributed by atoms with Crippen LogP contribution in [0, 0.1) is 0 Å². The van der Waals surface area contributed by atoms with Crippen LogP contribution in [0.15, 0.2) is 70.2 Å². The summed E-state index contributed by atoms with van der Waals surface area (Å²) in [7, 11) is 0. The Morgan fingerprint density at radius 2 is 1.76 bits per heavy atom. The van der Waals surface area contributed by atoms with Crippen molar-refractivity contribution in [3.8, 4) is 0 Å². The molecule has 21 heavy (non-hydrogen) atoms. The number of carbonyl (C=O) groups excluding carboxylic acids is 1. The summed E-state index contributed by atoms with van der Waals surface area (Å²) >= 11 is 1.68. The Morgan fingerprint density at radius 3 is 2.43 bits per heavy atom. The zero-order valence-electron chi connectivity index (χ0n) is 11.4. The zero-order chi connectivity index (χ0) is 14.7. The molecule has 0 bridgehead atoms. The van der Waals surface area contributed by atoms with Crippen LogP contribution in [-0.4, -0.2) is 17.9 Å². The Balaban J connectivity index is 1.96. The van der Waals surface area contributed by atoms with Gasteiger partial charge in [0.2, 0.25) is 0 Å². The first kappa shape index (κ1) is 13.6. The standard InChI is InChI=1S/C17H13NO2S/c1-21-14-9-7-12(8-10-14)11-15-16(18-20-17(15)19)13-5-3-2-4-6-13/h2-11H,1H3/b15-11-. The number of rotatable bonds is 3. The molecule has 4 heteroatoms. The van der Waals surface area contributed by atoms with E-state index in [0.29, 0.717) is 11.3 Å². The van der Waals surface area contributed by atoms with Crippen molar-refractivity contribution in [3.63, 3.8) is 0 Å². The summed E-state index contributed by atoms with van der Waals surface area (Å²) in [6.07, 6.45) is 3.84. The van der Waals surface area contributed by atoms with Gasteiger partial charge in [-0.05, 0) is 30.0 Å². The molecule has 1 aliphatic rings. The smallest absolute Gasteiger partial charge is 0.312 e. The second-order valence-electron chi connectivity index (χ2n) is 4.52. The van der Waals surface area contributed by atoms with E-state index in [1.54, 1.807) is 11.8 Å². The Morgan fingerprint density at radius 1 is 1.05 bits per heavy atom. The van der Waals surface area contributed by atoms with Gasteiger partial charge in [0, 0.05) is 10.5 Å². The summed E-state index contributed by atoms with van der Waals surface area (Å²) in [6, 6.07) is 17.6. The average Bonchev–Trinajstić information content (AvgIpc) is 2.90. The van der Waals surface area contributed by atoms with Gasteiger partial charge in [-0.2, -0.15) is 0 Å². The number of carbonyl (C=O) groups is 1. The van der Waals surface area contributed by atoms with E-state index in [1.165, 1.54) is 4.90 Å². The van der Waals surface area contributed by atoms with E-state index >= 15 is 0 Å². The van der Waals surface area contributed by atoms with Crippen LogP contribution < -0.4 is 0 Å². The van der Waals surface area contributed by atoms with E-state index in [0.717, 1.165) is 11.1 Å². The van der Waals surface area contributed by atoms with E-state index in [9.17, 15) is 4.79 Å². The summed E-state index contributed by atoms with van der Waals surface area (Å²) in [5, 5.41) is 3.89. The Hall–Kier alpha value is -2.33. The summed E-state index contributed by atoms with van der Waals surface area (Å²) in [5.41, 5.74) is 2.88. The van der Waals surface area contributed by atoms with Crippen molar-refractivity contribution in [1.29, 1.82) is 0 Å². The molecule has 0 aromatic heterocycles. The molecular weight excluding hydrogens is 282 g/mol. The van der Waals surface area contributed by atoms with Gasteiger partial charge < -0.3 is 4.84 Å². The molecule has 0 fully saturated rings. The summed E-state index contributed by atoms with van der Waals surface area (Å²) in [6.45, 7) is 0. The number of hydrogen-bond donors (Lipinski definition) is 0. The van der Waals surface area contributed by atoms with Crippen molar-refractivity contribution >= 4 is 29.5 Å². The van der Waals surface area contributed by atoms with Gasteiger partial charge in [-0.25, -0.2) is 4.79 Å². The van der Waals surface area contributed by atoms with Crippen molar-refractivity contribution in [2.75, 3.05) is 6.26 Å². The van der Waals surface area contributed by atoms with Crippen LogP contribution in [0.2, 0.25) is 0 Å². The third-order valence-corrected chi connectivity index (χ3v) is 3.91. The first-order valence-corrected chi connectivity index (χ1v) is 7.71. The minimum atomic E-state index is -0.414. The van der Waals surface area contributed by atoms with Crippen molar-refractivity contribution in [1.82, 2.24) is 0 Å². The lowest BCUT2D eigenvalue weighted by molar-refractivity contribution is -0.136. The first-order chi connectivity index (χ1) is 10.3. The largest absolute Gasteiger partial charge is 0.368 e. The second-order valence-corrected chi connectivity index (χ2v) is 5.40. The van der Waals surface area contributed by atoms with E-state index < -0.39 is 5.97 Å². The quantitative estimate of drug-likeness (QED) is 0.492. The van der Waals surface area contributed by atoms with Crippen LogP contribution in [-0.2, 0) is 9.63 Å². The zero-order valence-corrected chi connectivity index (χ0v) is 12.3. The number of benzene rings is 2. The molecule has 3 nitrogen and oxygen atoms in total. The monoisotopic (exact) mass is 295 g/mol. The molecule has 3 rings (SSSR count). The van der Waals surface area contributed by atoms with Gasteiger partial charge >= 0.3 is 5.97 Å². The van der Waals surface area contributed by atoms with Crippen LogP contribution in [0.1, 0.15) is 11.1 Å². The molecule has 0 amide bonds. The average molecular weight is 295 g/mol. The number of thioether (sulfide) groups is 1. The normalized spacial score (nSPS) is 16.0. The highest BCUT2D eigenvalue weighted by atomic mass is 32.2. The molecule has 0 atom stereocenters. The van der Waals surface area contributed by atoms with Gasteiger partial charge in [0.25, 0.3) is 0 Å². The van der Waals surface area contributed by atoms with Gasteiger partial charge in [0.15, 0.2) is 0 Å². The maximum Gasteiger partial charge on any atom is 0.368 e. The molecule has 2 aromatic carbocycles. The van der Waals surface area contributed by atoms with Gasteiger partial charge in [0.05, 0.1) is 5.57 Å². The third kappa shape index (κ3) is 2.90. The van der Waals surface area contributed by atoms with Crippen molar-refractivity contribution in [2.45, 2.75) is 4.90 Å². The molecular formula is C17H13NO2S. The van der Waals surface area contributed by atoms with Crippen LogP contribution in [0.25, 0.3) is 6.08 Å². The Kier molecular flexibility index (Phi) is 3.88. The van der Waals surface area contributed by atoms with Gasteiger partial charge in [0.1, 0.15) is 5.71 Å². The highest BCUT2D eigenvalue weighted by molar-refractivity contribution is 7.98. The lowest BCUT2D eigenvalue weighted by atomic mass is 10.0. The molecule has 0 unspecified atom stereocenters. The highest BCUT2D eigenvalue weighted by Crippen LogP contribution is 2.22. The third-order valence-electron chi connectivity index (χ3n) is 3.17. The van der Waals surface area contributed by atoms with Crippen molar-refractivity contribution in [3.05, 3.63) is 71.3 Å². The van der Waals surface area contributed by atoms with Crippen LogP contribution in [0.4, 0.5) is 0 Å². The fourth-order valence-corrected chi connectivity index (χ4v) is 2.49. The number of hydrogen-bond acceptors (Lipinski definition) is 4. The van der Waals surface area contributed by atoms with E-state index in [2.05, 4.69) is 5.16 Å². The first-order valence-electron chi connectivity index (χ1n) is 6.49. The highest BCUT2D eigenvalue weighted by Gasteiger charge is 2.26. The molecule has 1 heterocycles. The Bertz CT molecular complexity index is 718. The van der Waals surface area contributed by atoms with E-state index in [-0.39, 0.29) is 0 Å². The maximum absolute atomic E-state index is 11.9. The second kappa shape index (κ2) is 5.97. The van der Waals surface area contributed by atoms with E-state index in [4.69, 9.17) is 4.84 Å². The molecule has 1 aliphatic heterocycles. The molecule has 0 radical (unpaired) electrons. The molecule has 2 aromatic rings. The van der Waals surface area contributed by atoms with Crippen LogP contribution in [0.5, 0.6) is 0 Å². The topological polar surface area (TPSA) is 38.7 Å². The van der Waals surface area contributed by atoms with Crippen LogP contribution in [0.3, 0.4) is 0 Å². The molecule has 0 spiro atoms. The molecule has 0 saturated heterocycles. The Labute approximate surface area is 127 Å². The number of oxime groups is 1. The summed E-state index contributed by atoms with van der Waals surface area (Å²) in [5.74, 6) is -0.414. The summed E-state index contributed by atoms with van der Waals surface area (Å²) < 4.78 is 0. The van der Waals surface area contributed by atoms with Gasteiger partial charge in [-0.15, -0.1) is 11.8 Å². The van der Waals surface area contributed by atoms with Crippen molar-refractivity contribution in [2.24, 2.45) is 5.16 Å². The SMILES string of the molecule is CSc1ccc(/C=C2\C(=O)ON=C2c2ccccc2)cc1. The number of nitrogens with zero attached hydrogens (tertiary/aromatic N) is 1. The fraction of sp³-hybridized carbons (Fsp3) is 0.0588. The molecule has 0 saturated carbocycles. The van der Waals surface area contributed by atoms with E-state index in [1.807, 2.05) is 66.9 Å². The molecule has 0 aliphatic carbocycles. The molecule has 104 valence electrons. The lowest BCUT2D eigenvalue weighted by Crippen LogP contribution is -2.06. The maximum atomic E-state index is 11.9. The summed E-state index contributed by atoms with van der Waals surface area (Å²) in [4.78, 5) is 17.9.